The molecular formula is C19H21N5O3. The molecule has 0 radical (unpaired) electrons. The molecule has 0 saturated carbocycles. The Morgan fingerprint density at radius 3 is 2.74 bits per heavy atom. The van der Waals surface area contributed by atoms with Crippen molar-refractivity contribution in [3.8, 4) is 5.75 Å². The number of carbonyl (C=O) groups excluding carboxylic acids is 2. The number of fused-ring (bicyclic) bond motifs is 1. The van der Waals surface area contributed by atoms with Gasteiger partial charge >= 0.3 is 0 Å². The molecule has 0 aliphatic rings. The molecule has 0 bridgehead atoms. The van der Waals surface area contributed by atoms with Gasteiger partial charge in [0.25, 0.3) is 5.91 Å². The number of aryl methyl sites for hydroxylation is 1. The Kier molecular flexibility index (Phi) is 5.35. The smallest absolute Gasteiger partial charge is 0.257 e. The number of pyridine rings is 1. The number of methoxy groups -OCH3 is 1. The standard InChI is InChI=1S/C19H21N5O3/c1-4-5-17(25)23-14-7-6-13(9-16(14)27-3)22-19(26)12-8-15-18(20-10-12)24(2)11-21-15/h6-11H,4-5H2,1-3H3,(H,22,26)(H,23,25). The van der Waals surface area contributed by atoms with Gasteiger partial charge in [-0.3, -0.25) is 9.59 Å². The Labute approximate surface area is 156 Å². The molecule has 0 saturated heterocycles. The van der Waals surface area contributed by atoms with E-state index in [1.54, 1.807) is 35.2 Å². The van der Waals surface area contributed by atoms with Crippen molar-refractivity contribution in [1.29, 1.82) is 0 Å². The molecule has 1 aromatic carbocycles. The lowest BCUT2D eigenvalue weighted by Gasteiger charge is -2.12. The van der Waals surface area contributed by atoms with Crippen molar-refractivity contribution in [1.82, 2.24) is 14.5 Å². The van der Waals surface area contributed by atoms with E-state index in [-0.39, 0.29) is 11.8 Å². The van der Waals surface area contributed by atoms with Gasteiger partial charge in [0.15, 0.2) is 5.65 Å². The van der Waals surface area contributed by atoms with Crippen LogP contribution in [0.5, 0.6) is 5.75 Å². The Morgan fingerprint density at radius 1 is 1.19 bits per heavy atom. The summed E-state index contributed by atoms with van der Waals surface area (Å²) in [4.78, 5) is 32.8. The zero-order valence-corrected chi connectivity index (χ0v) is 15.4. The van der Waals surface area contributed by atoms with Crippen LogP contribution in [-0.4, -0.2) is 33.5 Å². The summed E-state index contributed by atoms with van der Waals surface area (Å²) >= 11 is 0. The van der Waals surface area contributed by atoms with Crippen LogP contribution in [0.25, 0.3) is 11.2 Å². The molecule has 0 aliphatic heterocycles. The quantitative estimate of drug-likeness (QED) is 0.698. The van der Waals surface area contributed by atoms with Crippen LogP contribution >= 0.6 is 0 Å². The molecule has 2 heterocycles. The van der Waals surface area contributed by atoms with Crippen LogP contribution in [0, 0.1) is 0 Å². The van der Waals surface area contributed by atoms with Gasteiger partial charge in [0.1, 0.15) is 11.3 Å². The largest absolute Gasteiger partial charge is 0.494 e. The molecule has 3 rings (SSSR count). The number of carbonyl (C=O) groups is 2. The van der Waals surface area contributed by atoms with Crippen LogP contribution in [-0.2, 0) is 11.8 Å². The van der Waals surface area contributed by atoms with Crippen LogP contribution in [0.15, 0.2) is 36.8 Å². The lowest BCUT2D eigenvalue weighted by atomic mass is 10.2. The van der Waals surface area contributed by atoms with Crippen molar-refractivity contribution < 1.29 is 14.3 Å². The van der Waals surface area contributed by atoms with E-state index < -0.39 is 0 Å². The highest BCUT2D eigenvalue weighted by atomic mass is 16.5. The van der Waals surface area contributed by atoms with Crippen LogP contribution in [0.1, 0.15) is 30.1 Å². The Balaban J connectivity index is 1.77. The van der Waals surface area contributed by atoms with Crippen molar-refractivity contribution in [2.75, 3.05) is 17.7 Å². The molecule has 8 heteroatoms. The first-order chi connectivity index (χ1) is 13.0. The average molecular weight is 367 g/mol. The van der Waals surface area contributed by atoms with Gasteiger partial charge in [-0.25, -0.2) is 9.97 Å². The number of imidazole rings is 1. The molecule has 140 valence electrons. The summed E-state index contributed by atoms with van der Waals surface area (Å²) in [5.74, 6) is 0.0813. The number of benzene rings is 1. The summed E-state index contributed by atoms with van der Waals surface area (Å²) in [6.45, 7) is 1.94. The number of nitrogens with one attached hydrogen (secondary N) is 2. The molecule has 8 nitrogen and oxygen atoms in total. The van der Waals surface area contributed by atoms with Crippen LogP contribution in [0.3, 0.4) is 0 Å². The molecule has 0 aliphatic carbocycles. The Morgan fingerprint density at radius 2 is 2.00 bits per heavy atom. The molecule has 27 heavy (non-hydrogen) atoms. The first kappa shape index (κ1) is 18.4. The minimum atomic E-state index is -0.306. The molecule has 3 aromatic rings. The van der Waals surface area contributed by atoms with E-state index in [4.69, 9.17) is 4.74 Å². The third-order valence-electron chi connectivity index (χ3n) is 4.02. The van der Waals surface area contributed by atoms with Crippen molar-refractivity contribution in [3.05, 3.63) is 42.4 Å². The molecule has 2 amide bonds. The summed E-state index contributed by atoms with van der Waals surface area (Å²) in [5, 5.41) is 5.60. The molecule has 2 aromatic heterocycles. The SMILES string of the molecule is CCCC(=O)Nc1ccc(NC(=O)c2cnc3c(c2)ncn3C)cc1OC. The van der Waals surface area contributed by atoms with Crippen LogP contribution in [0.4, 0.5) is 11.4 Å². The minimum Gasteiger partial charge on any atom is -0.494 e. The number of aromatic nitrogens is 3. The van der Waals surface area contributed by atoms with Gasteiger partial charge in [0, 0.05) is 31.4 Å². The van der Waals surface area contributed by atoms with Crippen LogP contribution in [0.2, 0.25) is 0 Å². The maximum Gasteiger partial charge on any atom is 0.257 e. The van der Waals surface area contributed by atoms with Gasteiger partial charge in [0.2, 0.25) is 5.91 Å². The van der Waals surface area contributed by atoms with Gasteiger partial charge in [-0.2, -0.15) is 0 Å². The Hall–Kier alpha value is -3.42. The average Bonchev–Trinajstić information content (AvgIpc) is 3.03. The second kappa shape index (κ2) is 7.86. The van der Waals surface area contributed by atoms with Gasteiger partial charge in [-0.15, -0.1) is 0 Å². The van der Waals surface area contributed by atoms with Gasteiger partial charge < -0.3 is 19.9 Å². The highest BCUT2D eigenvalue weighted by molar-refractivity contribution is 6.05. The van der Waals surface area contributed by atoms with E-state index in [1.807, 2.05) is 14.0 Å². The number of ether oxygens (including phenoxy) is 1. The fraction of sp³-hybridized carbons (Fsp3) is 0.263. The van der Waals surface area contributed by atoms with Crippen molar-refractivity contribution >= 4 is 34.4 Å². The van der Waals surface area contributed by atoms with Crippen LogP contribution < -0.4 is 15.4 Å². The zero-order chi connectivity index (χ0) is 19.4. The first-order valence-electron chi connectivity index (χ1n) is 8.58. The van der Waals surface area contributed by atoms with E-state index in [9.17, 15) is 9.59 Å². The number of hydrogen-bond donors (Lipinski definition) is 2. The maximum atomic E-state index is 12.5. The summed E-state index contributed by atoms with van der Waals surface area (Å²) < 4.78 is 7.11. The van der Waals surface area contributed by atoms with Crippen molar-refractivity contribution in [3.63, 3.8) is 0 Å². The first-order valence-corrected chi connectivity index (χ1v) is 8.58. The van der Waals surface area contributed by atoms with Gasteiger partial charge in [0.05, 0.1) is 24.7 Å². The number of hydrogen-bond acceptors (Lipinski definition) is 5. The normalized spacial score (nSPS) is 10.6. The molecule has 0 atom stereocenters. The number of anilines is 2. The van der Waals surface area contributed by atoms with E-state index >= 15 is 0 Å². The predicted octanol–water partition coefficient (Wildman–Crippen LogP) is 2.97. The lowest BCUT2D eigenvalue weighted by Crippen LogP contribution is -2.14. The van der Waals surface area contributed by atoms with Gasteiger partial charge in [-0.1, -0.05) is 6.92 Å². The van der Waals surface area contributed by atoms with Gasteiger partial charge in [-0.05, 0) is 24.6 Å². The topological polar surface area (TPSA) is 98.1 Å². The number of nitrogens with zero attached hydrogens (tertiary/aromatic N) is 3. The predicted molar refractivity (Wildman–Crippen MR) is 103 cm³/mol. The molecule has 0 fully saturated rings. The molecule has 0 unspecified atom stereocenters. The second-order valence-electron chi connectivity index (χ2n) is 6.09. The number of amides is 2. The summed E-state index contributed by atoms with van der Waals surface area (Å²) in [6.07, 6.45) is 4.35. The molecule has 2 N–H and O–H groups in total. The van der Waals surface area contributed by atoms with E-state index in [0.717, 1.165) is 6.42 Å². The monoisotopic (exact) mass is 367 g/mol. The highest BCUT2D eigenvalue weighted by Crippen LogP contribution is 2.28. The Bertz CT molecular complexity index is 996. The third-order valence-corrected chi connectivity index (χ3v) is 4.02. The maximum absolute atomic E-state index is 12.5. The summed E-state index contributed by atoms with van der Waals surface area (Å²) in [7, 11) is 3.35. The third kappa shape index (κ3) is 4.05. The van der Waals surface area contributed by atoms with E-state index in [1.165, 1.54) is 13.3 Å². The minimum absolute atomic E-state index is 0.0812. The van der Waals surface area contributed by atoms with Crippen molar-refractivity contribution in [2.45, 2.75) is 19.8 Å². The highest BCUT2D eigenvalue weighted by Gasteiger charge is 2.12. The summed E-state index contributed by atoms with van der Waals surface area (Å²) in [6, 6.07) is 6.75. The molecular weight excluding hydrogens is 346 g/mol. The fourth-order valence-electron chi connectivity index (χ4n) is 2.66. The van der Waals surface area contributed by atoms with Crippen molar-refractivity contribution in [2.24, 2.45) is 7.05 Å². The summed E-state index contributed by atoms with van der Waals surface area (Å²) in [5.41, 5.74) is 2.87. The second-order valence-corrected chi connectivity index (χ2v) is 6.09. The van der Waals surface area contributed by atoms with E-state index in [0.29, 0.717) is 40.3 Å². The fourth-order valence-corrected chi connectivity index (χ4v) is 2.66. The zero-order valence-electron chi connectivity index (χ0n) is 15.4. The number of rotatable bonds is 6. The lowest BCUT2D eigenvalue weighted by molar-refractivity contribution is -0.116. The molecule has 0 spiro atoms. The van der Waals surface area contributed by atoms with E-state index in [2.05, 4.69) is 20.6 Å².